The maximum atomic E-state index is 11.4. The number of methoxy groups -OCH3 is 1. The first-order valence-electron chi connectivity index (χ1n) is 4.48. The predicted molar refractivity (Wildman–Crippen MR) is 56.2 cm³/mol. The number of nitrogens with two attached hydrogens (primary N) is 1. The monoisotopic (exact) mass is 224 g/mol. The Balaban J connectivity index is 2.77. The second kappa shape index (κ2) is 5.01. The Labute approximate surface area is 92.0 Å². The van der Waals surface area contributed by atoms with Crippen LogP contribution >= 0.6 is 0 Å². The summed E-state index contributed by atoms with van der Waals surface area (Å²) in [5, 5.41) is 11.7. The van der Waals surface area contributed by atoms with Gasteiger partial charge in [0.25, 0.3) is 5.91 Å². The summed E-state index contributed by atoms with van der Waals surface area (Å²) in [5.74, 6) is -0.997. The molecule has 4 N–H and O–H groups in total. The maximum absolute atomic E-state index is 11.4. The lowest BCUT2D eigenvalue weighted by Gasteiger charge is -2.06. The summed E-state index contributed by atoms with van der Waals surface area (Å²) < 4.78 is 4.82. The number of ether oxygens (including phenoxy) is 1. The maximum Gasteiger partial charge on any atom is 0.251 e. The minimum atomic E-state index is -0.633. The van der Waals surface area contributed by atoms with E-state index < -0.39 is 11.8 Å². The van der Waals surface area contributed by atoms with Crippen molar-refractivity contribution >= 4 is 11.8 Å². The van der Waals surface area contributed by atoms with E-state index in [2.05, 4.69) is 5.32 Å². The Morgan fingerprint density at radius 1 is 1.50 bits per heavy atom. The van der Waals surface area contributed by atoms with Crippen molar-refractivity contribution in [3.8, 4) is 11.5 Å². The summed E-state index contributed by atoms with van der Waals surface area (Å²) in [5.41, 5.74) is 5.09. The molecule has 0 saturated heterocycles. The Hall–Kier alpha value is -2.24. The zero-order valence-corrected chi connectivity index (χ0v) is 8.69. The van der Waals surface area contributed by atoms with Gasteiger partial charge in [-0.1, -0.05) is 0 Å². The highest BCUT2D eigenvalue weighted by Crippen LogP contribution is 2.25. The SMILES string of the molecule is COc1ccc(C(=O)NCC(N)=O)cc1O. The van der Waals surface area contributed by atoms with Crippen LogP contribution in [0.2, 0.25) is 0 Å². The van der Waals surface area contributed by atoms with Crippen LogP contribution in [0.3, 0.4) is 0 Å². The number of phenolic OH excluding ortho intramolecular Hbond substituents is 1. The zero-order chi connectivity index (χ0) is 12.1. The van der Waals surface area contributed by atoms with Crippen molar-refractivity contribution in [1.82, 2.24) is 5.32 Å². The van der Waals surface area contributed by atoms with E-state index in [-0.39, 0.29) is 23.6 Å². The van der Waals surface area contributed by atoms with Gasteiger partial charge in [-0.25, -0.2) is 0 Å². The highest BCUT2D eigenvalue weighted by molar-refractivity contribution is 5.96. The van der Waals surface area contributed by atoms with Crippen LogP contribution in [-0.2, 0) is 4.79 Å². The smallest absolute Gasteiger partial charge is 0.251 e. The Morgan fingerprint density at radius 2 is 2.19 bits per heavy atom. The van der Waals surface area contributed by atoms with E-state index in [0.717, 1.165) is 0 Å². The number of nitrogens with one attached hydrogen (secondary N) is 1. The summed E-state index contributed by atoms with van der Waals surface area (Å²) in [6, 6.07) is 4.17. The molecule has 0 aliphatic heterocycles. The average molecular weight is 224 g/mol. The zero-order valence-electron chi connectivity index (χ0n) is 8.69. The summed E-state index contributed by atoms with van der Waals surface area (Å²) in [7, 11) is 1.40. The molecule has 16 heavy (non-hydrogen) atoms. The van der Waals surface area contributed by atoms with E-state index >= 15 is 0 Å². The van der Waals surface area contributed by atoms with Crippen LogP contribution in [0.1, 0.15) is 10.4 Å². The van der Waals surface area contributed by atoms with Crippen LogP contribution in [0.15, 0.2) is 18.2 Å². The van der Waals surface area contributed by atoms with Crippen LogP contribution in [0.5, 0.6) is 11.5 Å². The first-order valence-corrected chi connectivity index (χ1v) is 4.48. The summed E-state index contributed by atoms with van der Waals surface area (Å²) in [6.45, 7) is -0.244. The molecule has 1 aromatic carbocycles. The highest BCUT2D eigenvalue weighted by atomic mass is 16.5. The van der Waals surface area contributed by atoms with E-state index in [4.69, 9.17) is 10.5 Å². The normalized spacial score (nSPS) is 9.56. The Bertz CT molecular complexity index is 417. The number of phenols is 1. The molecule has 2 amide bonds. The number of hydrogen-bond donors (Lipinski definition) is 3. The standard InChI is InChI=1S/C10H12N2O4/c1-16-8-3-2-6(4-7(8)13)10(15)12-5-9(11)14/h2-4,13H,5H2,1H3,(H2,11,14)(H,12,15). The van der Waals surface area contributed by atoms with Gasteiger partial charge in [0.05, 0.1) is 13.7 Å². The summed E-state index contributed by atoms with van der Waals surface area (Å²) >= 11 is 0. The molecule has 0 atom stereocenters. The van der Waals surface area contributed by atoms with Gasteiger partial charge in [-0.2, -0.15) is 0 Å². The fourth-order valence-corrected chi connectivity index (χ4v) is 1.10. The van der Waals surface area contributed by atoms with Crippen molar-refractivity contribution in [3.63, 3.8) is 0 Å². The van der Waals surface area contributed by atoms with Crippen LogP contribution in [-0.4, -0.2) is 30.6 Å². The minimum absolute atomic E-state index is 0.144. The molecule has 0 saturated carbocycles. The summed E-state index contributed by atoms with van der Waals surface area (Å²) in [6.07, 6.45) is 0. The number of aromatic hydroxyl groups is 1. The molecular formula is C10H12N2O4. The molecule has 0 heterocycles. The van der Waals surface area contributed by atoms with Gasteiger partial charge in [-0.15, -0.1) is 0 Å². The van der Waals surface area contributed by atoms with Crippen molar-refractivity contribution in [2.75, 3.05) is 13.7 Å². The second-order valence-electron chi connectivity index (χ2n) is 3.04. The van der Waals surface area contributed by atoms with E-state index in [1.54, 1.807) is 0 Å². The molecule has 0 aliphatic rings. The third-order valence-electron chi connectivity index (χ3n) is 1.86. The molecule has 6 nitrogen and oxygen atoms in total. The van der Waals surface area contributed by atoms with Crippen molar-refractivity contribution in [3.05, 3.63) is 23.8 Å². The topological polar surface area (TPSA) is 102 Å². The van der Waals surface area contributed by atoms with Gasteiger partial charge < -0.3 is 20.9 Å². The van der Waals surface area contributed by atoms with E-state index in [1.165, 1.54) is 25.3 Å². The van der Waals surface area contributed by atoms with Gasteiger partial charge in [0.1, 0.15) is 0 Å². The number of hydrogen-bond acceptors (Lipinski definition) is 4. The van der Waals surface area contributed by atoms with Crippen LogP contribution < -0.4 is 15.8 Å². The molecule has 1 rings (SSSR count). The van der Waals surface area contributed by atoms with Crippen molar-refractivity contribution < 1.29 is 19.4 Å². The number of carbonyl (C=O) groups is 2. The minimum Gasteiger partial charge on any atom is -0.504 e. The van der Waals surface area contributed by atoms with Crippen LogP contribution in [0.4, 0.5) is 0 Å². The van der Waals surface area contributed by atoms with Gasteiger partial charge in [0.15, 0.2) is 11.5 Å². The first kappa shape index (κ1) is 11.8. The van der Waals surface area contributed by atoms with Gasteiger partial charge in [0.2, 0.25) is 5.91 Å². The molecule has 86 valence electrons. The number of rotatable bonds is 4. The van der Waals surface area contributed by atoms with Gasteiger partial charge in [0, 0.05) is 5.56 Å². The highest BCUT2D eigenvalue weighted by Gasteiger charge is 2.09. The van der Waals surface area contributed by atoms with E-state index in [0.29, 0.717) is 0 Å². The van der Waals surface area contributed by atoms with Crippen LogP contribution in [0.25, 0.3) is 0 Å². The van der Waals surface area contributed by atoms with Gasteiger partial charge in [-0.3, -0.25) is 9.59 Å². The molecule has 1 aromatic rings. The molecule has 6 heteroatoms. The third kappa shape index (κ3) is 2.88. The molecule has 0 aliphatic carbocycles. The molecule has 0 bridgehead atoms. The van der Waals surface area contributed by atoms with Crippen molar-refractivity contribution in [1.29, 1.82) is 0 Å². The van der Waals surface area contributed by atoms with Crippen molar-refractivity contribution in [2.45, 2.75) is 0 Å². The quantitative estimate of drug-likeness (QED) is 0.648. The van der Waals surface area contributed by atoms with E-state index in [9.17, 15) is 14.7 Å². The fourth-order valence-electron chi connectivity index (χ4n) is 1.10. The molecule has 0 radical (unpaired) electrons. The lowest BCUT2D eigenvalue weighted by atomic mass is 10.2. The lowest BCUT2D eigenvalue weighted by Crippen LogP contribution is -2.33. The van der Waals surface area contributed by atoms with Crippen molar-refractivity contribution in [2.24, 2.45) is 5.73 Å². The number of amides is 2. The Morgan fingerprint density at radius 3 is 2.69 bits per heavy atom. The fraction of sp³-hybridized carbons (Fsp3) is 0.200. The third-order valence-corrected chi connectivity index (χ3v) is 1.86. The van der Waals surface area contributed by atoms with Gasteiger partial charge in [-0.05, 0) is 18.2 Å². The lowest BCUT2D eigenvalue weighted by molar-refractivity contribution is -0.117. The molecule has 0 spiro atoms. The van der Waals surface area contributed by atoms with Gasteiger partial charge >= 0.3 is 0 Å². The number of carbonyl (C=O) groups excluding carboxylic acids is 2. The summed E-state index contributed by atoms with van der Waals surface area (Å²) in [4.78, 5) is 21.9. The second-order valence-corrected chi connectivity index (χ2v) is 3.04. The molecule has 0 fully saturated rings. The largest absolute Gasteiger partial charge is 0.504 e. The predicted octanol–water partition coefficient (Wildman–Crippen LogP) is -0.384. The molecule has 0 unspecified atom stereocenters. The first-order chi connectivity index (χ1) is 7.54. The Kier molecular flexibility index (Phi) is 3.71. The van der Waals surface area contributed by atoms with E-state index in [1.807, 2.05) is 0 Å². The molecular weight excluding hydrogens is 212 g/mol. The molecule has 0 aromatic heterocycles. The number of benzene rings is 1. The number of primary amides is 1. The van der Waals surface area contributed by atoms with Crippen LogP contribution in [0, 0.1) is 0 Å². The average Bonchev–Trinajstić information content (AvgIpc) is 2.25.